The van der Waals surface area contributed by atoms with Crippen LogP contribution in [0, 0.1) is 11.3 Å². The third kappa shape index (κ3) is 7.79. The molecule has 0 radical (unpaired) electrons. The maximum atomic E-state index is 11.5. The maximum Gasteiger partial charge on any atom is 0.407 e. The summed E-state index contributed by atoms with van der Waals surface area (Å²) in [4.78, 5) is 17.7. The minimum Gasteiger partial charge on any atom is -0.465 e. The van der Waals surface area contributed by atoms with Gasteiger partial charge in [-0.2, -0.15) is 5.26 Å². The fraction of sp³-hybridized carbons (Fsp3) is 0.500. The van der Waals surface area contributed by atoms with Gasteiger partial charge in [0.05, 0.1) is 11.6 Å². The van der Waals surface area contributed by atoms with E-state index in [4.69, 9.17) is 0 Å². The summed E-state index contributed by atoms with van der Waals surface area (Å²) >= 11 is 0. The van der Waals surface area contributed by atoms with Crippen LogP contribution in [0.5, 0.6) is 0 Å². The summed E-state index contributed by atoms with van der Waals surface area (Å²) in [5.74, 6) is 0. The van der Waals surface area contributed by atoms with Crippen LogP contribution in [0.2, 0.25) is 0 Å². The Kier molecular flexibility index (Phi) is 9.27. The molecule has 0 saturated carbocycles. The molecule has 1 amide bonds. The van der Waals surface area contributed by atoms with Crippen molar-refractivity contribution < 1.29 is 9.90 Å². The number of likely N-dealkylation sites (N-methyl/N-ethyl adjacent to an activating group) is 1. The Morgan fingerprint density at radius 2 is 1.80 bits per heavy atom. The van der Waals surface area contributed by atoms with Crippen molar-refractivity contribution in [1.29, 1.82) is 5.26 Å². The van der Waals surface area contributed by atoms with E-state index in [-0.39, 0.29) is 0 Å². The molecule has 0 aliphatic carbocycles. The molecular weight excluding hydrogens is 438 g/mol. The zero-order valence-corrected chi connectivity index (χ0v) is 21.5. The molecule has 0 spiro atoms. The van der Waals surface area contributed by atoms with Crippen LogP contribution >= 0.6 is 0 Å². The smallest absolute Gasteiger partial charge is 0.407 e. The summed E-state index contributed by atoms with van der Waals surface area (Å²) in [6.45, 7) is 12.6. The fourth-order valence-electron chi connectivity index (χ4n) is 4.49. The van der Waals surface area contributed by atoms with Gasteiger partial charge in [0.15, 0.2) is 0 Å². The molecule has 1 aliphatic rings. The number of rotatable bonds is 8. The highest BCUT2D eigenvalue weighted by Crippen LogP contribution is 2.25. The Labute approximate surface area is 209 Å². The summed E-state index contributed by atoms with van der Waals surface area (Å²) < 4.78 is 0. The van der Waals surface area contributed by atoms with Gasteiger partial charge < -0.3 is 20.2 Å². The molecule has 3 rings (SSSR count). The largest absolute Gasteiger partial charge is 0.465 e. The Balaban J connectivity index is 1.58. The molecular formula is C28H39N5O2. The van der Waals surface area contributed by atoms with Crippen LogP contribution in [-0.4, -0.2) is 77.8 Å². The number of benzene rings is 2. The van der Waals surface area contributed by atoms with E-state index in [1.165, 1.54) is 16.9 Å². The summed E-state index contributed by atoms with van der Waals surface area (Å²) in [5.41, 5.74) is 4.56. The first-order valence-corrected chi connectivity index (χ1v) is 12.4. The molecule has 7 nitrogen and oxygen atoms in total. The second-order valence-electron chi connectivity index (χ2n) is 10.4. The Morgan fingerprint density at radius 1 is 1.09 bits per heavy atom. The van der Waals surface area contributed by atoms with E-state index in [0.29, 0.717) is 25.2 Å². The SMILES string of the molecule is CN1CCCN(Cc2ccc(-c3ccc(CNCCN(C(=O)O)C(C)(C)C)cc3)c(C#N)c2)CC1. The first kappa shape index (κ1) is 26.7. The molecule has 188 valence electrons. The quantitative estimate of drug-likeness (QED) is 0.554. The molecule has 2 aromatic rings. The molecule has 35 heavy (non-hydrogen) atoms. The predicted molar refractivity (Wildman–Crippen MR) is 140 cm³/mol. The first-order valence-electron chi connectivity index (χ1n) is 12.4. The highest BCUT2D eigenvalue weighted by Gasteiger charge is 2.25. The zero-order valence-electron chi connectivity index (χ0n) is 21.5. The highest BCUT2D eigenvalue weighted by molar-refractivity contribution is 5.71. The molecule has 2 aromatic carbocycles. The second kappa shape index (κ2) is 12.2. The minimum atomic E-state index is -0.901. The highest BCUT2D eigenvalue weighted by atomic mass is 16.4. The number of hydrogen-bond acceptors (Lipinski definition) is 5. The summed E-state index contributed by atoms with van der Waals surface area (Å²) in [5, 5.41) is 22.5. The molecule has 1 aliphatic heterocycles. The molecule has 0 aromatic heterocycles. The number of carbonyl (C=O) groups is 1. The lowest BCUT2D eigenvalue weighted by Gasteiger charge is -2.33. The van der Waals surface area contributed by atoms with E-state index in [0.717, 1.165) is 49.4 Å². The lowest BCUT2D eigenvalue weighted by molar-refractivity contribution is 0.101. The molecule has 0 atom stereocenters. The van der Waals surface area contributed by atoms with E-state index < -0.39 is 11.6 Å². The number of hydrogen-bond donors (Lipinski definition) is 2. The van der Waals surface area contributed by atoms with Gasteiger partial charge in [0.25, 0.3) is 0 Å². The third-order valence-electron chi connectivity index (χ3n) is 6.57. The van der Waals surface area contributed by atoms with Gasteiger partial charge in [-0.15, -0.1) is 0 Å². The van der Waals surface area contributed by atoms with E-state index in [2.05, 4.69) is 64.6 Å². The van der Waals surface area contributed by atoms with Gasteiger partial charge in [-0.25, -0.2) is 4.79 Å². The number of nitriles is 1. The third-order valence-corrected chi connectivity index (χ3v) is 6.57. The van der Waals surface area contributed by atoms with Gasteiger partial charge in [0, 0.05) is 44.8 Å². The predicted octanol–water partition coefficient (Wildman–Crippen LogP) is 4.23. The van der Waals surface area contributed by atoms with Gasteiger partial charge in [-0.1, -0.05) is 36.4 Å². The van der Waals surface area contributed by atoms with Crippen LogP contribution in [0.15, 0.2) is 42.5 Å². The van der Waals surface area contributed by atoms with Gasteiger partial charge in [0.1, 0.15) is 0 Å². The number of nitrogens with zero attached hydrogens (tertiary/aromatic N) is 4. The summed E-state index contributed by atoms with van der Waals surface area (Å²) in [6.07, 6.45) is 0.275. The first-order chi connectivity index (χ1) is 16.7. The fourth-order valence-corrected chi connectivity index (χ4v) is 4.49. The van der Waals surface area contributed by atoms with E-state index in [1.54, 1.807) is 0 Å². The number of nitrogens with one attached hydrogen (secondary N) is 1. The maximum absolute atomic E-state index is 11.5. The Hall–Kier alpha value is -2.92. The Morgan fingerprint density at radius 3 is 2.46 bits per heavy atom. The van der Waals surface area contributed by atoms with E-state index >= 15 is 0 Å². The lowest BCUT2D eigenvalue weighted by Crippen LogP contribution is -2.47. The van der Waals surface area contributed by atoms with Crippen molar-refractivity contribution in [2.75, 3.05) is 46.3 Å². The van der Waals surface area contributed by atoms with Crippen LogP contribution in [0.1, 0.15) is 43.9 Å². The minimum absolute atomic E-state index is 0.424. The average molecular weight is 478 g/mol. The lowest BCUT2D eigenvalue weighted by atomic mass is 9.97. The topological polar surface area (TPSA) is 82.8 Å². The van der Waals surface area contributed by atoms with Crippen molar-refractivity contribution in [3.8, 4) is 17.2 Å². The number of amides is 1. The molecule has 0 bridgehead atoms. The molecule has 1 heterocycles. The summed E-state index contributed by atoms with van der Waals surface area (Å²) in [6, 6.07) is 16.9. The van der Waals surface area contributed by atoms with Crippen LogP contribution in [0.3, 0.4) is 0 Å². The average Bonchev–Trinajstić information content (AvgIpc) is 3.02. The van der Waals surface area contributed by atoms with E-state index in [9.17, 15) is 15.2 Å². The van der Waals surface area contributed by atoms with Gasteiger partial charge >= 0.3 is 6.09 Å². The molecule has 1 fully saturated rings. The standard InChI is InChI=1S/C28H39N5O2/c1-28(2,3)33(27(34)35)15-12-30-20-22-6-9-24(10-7-22)26-11-8-23(18-25(26)19-29)21-32-14-5-13-31(4)16-17-32/h6-11,18,30H,5,12-17,20-21H2,1-4H3,(H,34,35). The molecule has 7 heteroatoms. The zero-order chi connectivity index (χ0) is 25.4. The van der Waals surface area contributed by atoms with Crippen LogP contribution in [0.4, 0.5) is 4.79 Å². The molecule has 2 N–H and O–H groups in total. The normalized spacial score (nSPS) is 15.4. The van der Waals surface area contributed by atoms with Crippen molar-refractivity contribution >= 4 is 6.09 Å². The van der Waals surface area contributed by atoms with Crippen LogP contribution in [0.25, 0.3) is 11.1 Å². The molecule has 1 saturated heterocycles. The summed E-state index contributed by atoms with van der Waals surface area (Å²) in [7, 11) is 2.17. The van der Waals surface area contributed by atoms with Gasteiger partial charge in [-0.05, 0) is 75.6 Å². The van der Waals surface area contributed by atoms with Gasteiger partial charge in [-0.3, -0.25) is 4.90 Å². The Bertz CT molecular complexity index is 1020. The monoisotopic (exact) mass is 477 g/mol. The molecule has 0 unspecified atom stereocenters. The van der Waals surface area contributed by atoms with E-state index in [1.807, 2.05) is 26.8 Å². The van der Waals surface area contributed by atoms with Crippen molar-refractivity contribution in [3.05, 3.63) is 59.2 Å². The van der Waals surface area contributed by atoms with Crippen LogP contribution in [-0.2, 0) is 13.1 Å². The van der Waals surface area contributed by atoms with Crippen molar-refractivity contribution in [2.45, 2.75) is 45.8 Å². The van der Waals surface area contributed by atoms with Crippen LogP contribution < -0.4 is 5.32 Å². The number of carboxylic acid groups (broad SMARTS) is 1. The second-order valence-corrected chi connectivity index (χ2v) is 10.4. The van der Waals surface area contributed by atoms with Crippen molar-refractivity contribution in [3.63, 3.8) is 0 Å². The van der Waals surface area contributed by atoms with Gasteiger partial charge in [0.2, 0.25) is 0 Å². The van der Waals surface area contributed by atoms with Crippen molar-refractivity contribution in [2.24, 2.45) is 0 Å². The van der Waals surface area contributed by atoms with Crippen molar-refractivity contribution in [1.82, 2.24) is 20.0 Å².